The molecule has 0 aliphatic carbocycles. The second-order valence-corrected chi connectivity index (χ2v) is 2.13. The fourth-order valence-electron chi connectivity index (χ4n) is 0.927. The minimum Gasteiger partial charge on any atom is -0.257 e. The van der Waals surface area contributed by atoms with Crippen LogP contribution in [-0.4, -0.2) is 9.78 Å². The van der Waals surface area contributed by atoms with Gasteiger partial charge in [-0.15, -0.1) is 19.3 Å². The van der Waals surface area contributed by atoms with E-state index in [0.29, 0.717) is 17.0 Å². The van der Waals surface area contributed by atoms with Crippen molar-refractivity contribution in [3.63, 3.8) is 0 Å². The molecule has 0 amide bonds. The van der Waals surface area contributed by atoms with Crippen LogP contribution in [0.4, 0.5) is 0 Å². The zero-order chi connectivity index (χ0) is 9.14. The van der Waals surface area contributed by atoms with Gasteiger partial charge in [-0.1, -0.05) is 5.92 Å². The minimum atomic E-state index is 0.424. The molecule has 0 aliphatic heterocycles. The van der Waals surface area contributed by atoms with Gasteiger partial charge in [0.2, 0.25) is 0 Å². The van der Waals surface area contributed by atoms with Gasteiger partial charge in [-0.05, 0) is 11.8 Å². The molecule has 1 rings (SSSR count). The van der Waals surface area contributed by atoms with E-state index in [-0.39, 0.29) is 0 Å². The molecule has 0 bridgehead atoms. The number of rotatable bonds is 0. The second kappa shape index (κ2) is 2.87. The molecule has 56 valence electrons. The molecule has 1 heterocycles. The summed E-state index contributed by atoms with van der Waals surface area (Å²) in [5.41, 5.74) is 1.49. The van der Waals surface area contributed by atoms with Gasteiger partial charge in [0.1, 0.15) is 5.69 Å². The Balaban J connectivity index is 3.54. The maximum absolute atomic E-state index is 5.22. The quantitative estimate of drug-likeness (QED) is 0.493. The van der Waals surface area contributed by atoms with Gasteiger partial charge in [0, 0.05) is 7.05 Å². The Morgan fingerprint density at radius 1 is 1.17 bits per heavy atom. The SMILES string of the molecule is C#Cc1nn(C)c(C#C)c1C#C. The number of terminal acetylenes is 3. The zero-order valence-electron chi connectivity index (χ0n) is 6.63. The van der Waals surface area contributed by atoms with E-state index in [2.05, 4.69) is 22.9 Å². The molecule has 0 aliphatic rings. The number of aryl methyl sites for hydroxylation is 1. The lowest BCUT2D eigenvalue weighted by atomic mass is 10.2. The highest BCUT2D eigenvalue weighted by atomic mass is 15.3. The first-order valence-corrected chi connectivity index (χ1v) is 3.21. The van der Waals surface area contributed by atoms with Crippen molar-refractivity contribution in [1.82, 2.24) is 9.78 Å². The van der Waals surface area contributed by atoms with Crippen molar-refractivity contribution < 1.29 is 0 Å². The smallest absolute Gasteiger partial charge is 0.152 e. The van der Waals surface area contributed by atoms with E-state index >= 15 is 0 Å². The minimum absolute atomic E-state index is 0.424. The van der Waals surface area contributed by atoms with E-state index in [1.807, 2.05) is 0 Å². The lowest BCUT2D eigenvalue weighted by molar-refractivity contribution is 0.754. The Hall–Kier alpha value is -2.11. The lowest BCUT2D eigenvalue weighted by Crippen LogP contribution is -1.93. The molecule has 0 saturated heterocycles. The zero-order valence-corrected chi connectivity index (χ0v) is 6.63. The summed E-state index contributed by atoms with van der Waals surface area (Å²) in [4.78, 5) is 0. The van der Waals surface area contributed by atoms with Crippen LogP contribution in [0.3, 0.4) is 0 Å². The van der Waals surface area contributed by atoms with Gasteiger partial charge in [-0.2, -0.15) is 5.10 Å². The molecule has 1 aromatic rings. The molecule has 0 N–H and O–H groups in total. The van der Waals surface area contributed by atoms with Crippen LogP contribution < -0.4 is 0 Å². The average Bonchev–Trinajstić information content (AvgIpc) is 2.40. The molecule has 0 unspecified atom stereocenters. The molecular formula is C10H6N2. The predicted molar refractivity (Wildman–Crippen MR) is 47.0 cm³/mol. The number of hydrogen-bond donors (Lipinski definition) is 0. The number of aromatic nitrogens is 2. The fourth-order valence-corrected chi connectivity index (χ4v) is 0.927. The standard InChI is InChI=1S/C10H6N2/c1-5-8-9(6-2)11-12(4)10(8)7-3/h1-3H,4H3. The van der Waals surface area contributed by atoms with Gasteiger partial charge < -0.3 is 0 Å². The summed E-state index contributed by atoms with van der Waals surface area (Å²) in [5, 5.41) is 3.97. The van der Waals surface area contributed by atoms with Crippen molar-refractivity contribution in [2.45, 2.75) is 0 Å². The van der Waals surface area contributed by atoms with Gasteiger partial charge in [0.05, 0.1) is 5.56 Å². The van der Waals surface area contributed by atoms with Crippen LogP contribution in [0, 0.1) is 37.0 Å². The first kappa shape index (κ1) is 7.99. The van der Waals surface area contributed by atoms with Gasteiger partial charge >= 0.3 is 0 Å². The van der Waals surface area contributed by atoms with Crippen LogP contribution in [0.2, 0.25) is 0 Å². The molecule has 0 radical (unpaired) electrons. The van der Waals surface area contributed by atoms with Crippen molar-refractivity contribution in [3.8, 4) is 37.0 Å². The topological polar surface area (TPSA) is 17.8 Å². The number of nitrogens with zero attached hydrogens (tertiary/aromatic N) is 2. The van der Waals surface area contributed by atoms with Crippen LogP contribution in [0.15, 0.2) is 0 Å². The van der Waals surface area contributed by atoms with Crippen LogP contribution >= 0.6 is 0 Å². The van der Waals surface area contributed by atoms with Crippen LogP contribution in [0.5, 0.6) is 0 Å². The molecule has 2 nitrogen and oxygen atoms in total. The highest BCUT2D eigenvalue weighted by Gasteiger charge is 2.09. The van der Waals surface area contributed by atoms with Gasteiger partial charge in [-0.3, -0.25) is 4.68 Å². The molecule has 0 spiro atoms. The third-order valence-corrected chi connectivity index (χ3v) is 1.46. The third kappa shape index (κ3) is 0.947. The van der Waals surface area contributed by atoms with E-state index < -0.39 is 0 Å². The van der Waals surface area contributed by atoms with E-state index in [1.165, 1.54) is 4.68 Å². The lowest BCUT2D eigenvalue weighted by Gasteiger charge is -1.89. The van der Waals surface area contributed by atoms with Crippen LogP contribution in [-0.2, 0) is 7.05 Å². The van der Waals surface area contributed by atoms with Crippen molar-refractivity contribution in [2.75, 3.05) is 0 Å². The Morgan fingerprint density at radius 2 is 1.83 bits per heavy atom. The summed E-state index contributed by atoms with van der Waals surface area (Å²) in [6.07, 6.45) is 15.6. The average molecular weight is 154 g/mol. The molecular weight excluding hydrogens is 148 g/mol. The molecule has 2 heteroatoms. The highest BCUT2D eigenvalue weighted by Crippen LogP contribution is 2.09. The first-order chi connectivity index (χ1) is 5.74. The Morgan fingerprint density at radius 3 is 2.25 bits per heavy atom. The summed E-state index contributed by atoms with van der Waals surface area (Å²) in [6.45, 7) is 0. The largest absolute Gasteiger partial charge is 0.257 e. The summed E-state index contributed by atoms with van der Waals surface area (Å²) in [5.74, 6) is 7.22. The number of hydrogen-bond acceptors (Lipinski definition) is 1. The van der Waals surface area contributed by atoms with Crippen molar-refractivity contribution in [1.29, 1.82) is 0 Å². The van der Waals surface area contributed by atoms with Crippen molar-refractivity contribution in [3.05, 3.63) is 17.0 Å². The van der Waals surface area contributed by atoms with Gasteiger partial charge in [0.15, 0.2) is 5.69 Å². The van der Waals surface area contributed by atoms with Crippen LogP contribution in [0.25, 0.3) is 0 Å². The molecule has 0 fully saturated rings. The Bertz CT molecular complexity index is 430. The monoisotopic (exact) mass is 154 g/mol. The maximum atomic E-state index is 5.22. The highest BCUT2D eigenvalue weighted by molar-refractivity contribution is 5.52. The normalized spacial score (nSPS) is 8.17. The molecule has 1 aromatic heterocycles. The predicted octanol–water partition coefficient (Wildman–Crippen LogP) is 0.364. The molecule has 0 saturated carbocycles. The second-order valence-electron chi connectivity index (χ2n) is 2.13. The van der Waals surface area contributed by atoms with Crippen molar-refractivity contribution >= 4 is 0 Å². The van der Waals surface area contributed by atoms with E-state index in [9.17, 15) is 0 Å². The summed E-state index contributed by atoms with van der Waals surface area (Å²) in [6, 6.07) is 0. The van der Waals surface area contributed by atoms with E-state index in [1.54, 1.807) is 7.05 Å². The Labute approximate surface area is 71.6 Å². The summed E-state index contributed by atoms with van der Waals surface area (Å²) in [7, 11) is 1.71. The van der Waals surface area contributed by atoms with E-state index in [4.69, 9.17) is 19.3 Å². The molecule has 0 atom stereocenters. The van der Waals surface area contributed by atoms with Gasteiger partial charge in [-0.25, -0.2) is 0 Å². The summed E-state index contributed by atoms with van der Waals surface area (Å²) < 4.78 is 1.50. The van der Waals surface area contributed by atoms with Crippen LogP contribution in [0.1, 0.15) is 17.0 Å². The Kier molecular flexibility index (Phi) is 1.91. The third-order valence-electron chi connectivity index (χ3n) is 1.46. The molecule has 0 aromatic carbocycles. The van der Waals surface area contributed by atoms with E-state index in [0.717, 1.165) is 0 Å². The maximum Gasteiger partial charge on any atom is 0.152 e. The first-order valence-electron chi connectivity index (χ1n) is 3.21. The molecule has 12 heavy (non-hydrogen) atoms. The summed E-state index contributed by atoms with van der Waals surface area (Å²) >= 11 is 0. The van der Waals surface area contributed by atoms with Crippen molar-refractivity contribution in [2.24, 2.45) is 7.05 Å². The fraction of sp³-hybridized carbons (Fsp3) is 0.100. The van der Waals surface area contributed by atoms with Gasteiger partial charge in [0.25, 0.3) is 0 Å².